The minimum atomic E-state index is -1.17. The number of rotatable bonds is 3. The first-order chi connectivity index (χ1) is 7.13. The third-order valence-corrected chi connectivity index (χ3v) is 1.63. The zero-order valence-corrected chi connectivity index (χ0v) is 7.99. The van der Waals surface area contributed by atoms with Crippen LogP contribution in [0.3, 0.4) is 0 Å². The number of esters is 1. The molecule has 1 unspecified atom stereocenters. The molecular weight excluding hydrogens is 202 g/mol. The van der Waals surface area contributed by atoms with E-state index in [0.717, 1.165) is 0 Å². The van der Waals surface area contributed by atoms with Crippen LogP contribution in [-0.4, -0.2) is 30.7 Å². The number of hydrogen-bond acceptors (Lipinski definition) is 5. The summed E-state index contributed by atoms with van der Waals surface area (Å²) in [6, 6.07) is 0. The lowest BCUT2D eigenvalue weighted by atomic mass is 10.2. The summed E-state index contributed by atoms with van der Waals surface area (Å²) >= 11 is 0. The topological polar surface area (TPSA) is 101 Å². The smallest absolute Gasteiger partial charge is 0.302 e. The molecule has 0 saturated heterocycles. The molecule has 0 aromatic carbocycles. The second-order valence-corrected chi connectivity index (χ2v) is 2.80. The molecule has 7 heteroatoms. The molecule has 0 bridgehead atoms. The van der Waals surface area contributed by atoms with E-state index in [1.807, 2.05) is 0 Å². The van der Waals surface area contributed by atoms with Gasteiger partial charge in [-0.3, -0.25) is 9.59 Å². The highest BCUT2D eigenvalue weighted by Crippen LogP contribution is 2.11. The quantitative estimate of drug-likeness (QED) is 0.297. The summed E-state index contributed by atoms with van der Waals surface area (Å²) in [6.45, 7) is 1.26. The Morgan fingerprint density at radius 2 is 2.53 bits per heavy atom. The van der Waals surface area contributed by atoms with Gasteiger partial charge in [0.15, 0.2) is 12.0 Å². The molecule has 0 N–H and O–H groups in total. The van der Waals surface area contributed by atoms with Crippen molar-refractivity contribution in [2.45, 2.75) is 19.3 Å². The highest BCUT2D eigenvalue weighted by atomic mass is 16.6. The van der Waals surface area contributed by atoms with Gasteiger partial charge in [0.25, 0.3) is 0 Å². The van der Waals surface area contributed by atoms with E-state index in [1.54, 1.807) is 0 Å². The van der Waals surface area contributed by atoms with Gasteiger partial charge in [-0.25, -0.2) is 0 Å². The molecule has 0 spiro atoms. The number of nitrogens with zero attached hydrogens (tertiary/aromatic N) is 3. The number of hydrogen-bond donors (Lipinski definition) is 0. The standard InChI is InChI=1S/C8H9N3O4/c1-5(12)14-4-6-2-3-7(13)8(15-6)10-11-9/h2-3,6,8H,4H2,1H3/t6-,8?/m0/s1. The third-order valence-electron chi connectivity index (χ3n) is 1.63. The van der Waals surface area contributed by atoms with Crippen LogP contribution < -0.4 is 0 Å². The van der Waals surface area contributed by atoms with Crippen LogP contribution in [0.15, 0.2) is 17.3 Å². The lowest BCUT2D eigenvalue weighted by Crippen LogP contribution is -2.32. The maximum absolute atomic E-state index is 11.1. The van der Waals surface area contributed by atoms with Crippen molar-refractivity contribution in [2.24, 2.45) is 5.11 Å². The van der Waals surface area contributed by atoms with Crippen LogP contribution in [0.1, 0.15) is 6.92 Å². The number of carbonyl (C=O) groups excluding carboxylic acids is 2. The summed E-state index contributed by atoms with van der Waals surface area (Å²) in [4.78, 5) is 24.1. The molecule has 1 rings (SSSR count). The van der Waals surface area contributed by atoms with Crippen molar-refractivity contribution in [3.63, 3.8) is 0 Å². The number of azide groups is 1. The molecule has 0 amide bonds. The Bertz CT molecular complexity index is 346. The van der Waals surface area contributed by atoms with Crippen LogP contribution in [0.5, 0.6) is 0 Å². The lowest BCUT2D eigenvalue weighted by Gasteiger charge is -2.21. The van der Waals surface area contributed by atoms with E-state index in [-0.39, 0.29) is 6.61 Å². The largest absolute Gasteiger partial charge is 0.463 e. The van der Waals surface area contributed by atoms with Crippen LogP contribution in [0, 0.1) is 0 Å². The fourth-order valence-electron chi connectivity index (χ4n) is 0.988. The van der Waals surface area contributed by atoms with Crippen LogP contribution in [-0.2, 0) is 19.1 Å². The predicted octanol–water partition coefficient (Wildman–Crippen LogP) is 0.710. The lowest BCUT2D eigenvalue weighted by molar-refractivity contribution is -0.147. The van der Waals surface area contributed by atoms with Crippen LogP contribution >= 0.6 is 0 Å². The first kappa shape index (κ1) is 11.2. The molecule has 0 aliphatic carbocycles. The molecule has 0 aromatic heterocycles. The molecule has 1 heterocycles. The van der Waals surface area contributed by atoms with Gasteiger partial charge in [-0.15, -0.1) is 0 Å². The van der Waals surface area contributed by atoms with E-state index >= 15 is 0 Å². The average Bonchev–Trinajstić information content (AvgIpc) is 2.19. The van der Waals surface area contributed by atoms with E-state index in [2.05, 4.69) is 14.8 Å². The summed E-state index contributed by atoms with van der Waals surface area (Å²) in [6.07, 6.45) is 0.980. The predicted molar refractivity (Wildman–Crippen MR) is 48.6 cm³/mol. The summed E-state index contributed by atoms with van der Waals surface area (Å²) in [5, 5.41) is 3.16. The second-order valence-electron chi connectivity index (χ2n) is 2.80. The van der Waals surface area contributed by atoms with Crippen molar-refractivity contribution in [2.75, 3.05) is 6.61 Å². The van der Waals surface area contributed by atoms with Crippen LogP contribution in [0.2, 0.25) is 0 Å². The normalized spacial score (nSPS) is 24.5. The number of carbonyl (C=O) groups is 2. The molecule has 0 fully saturated rings. The molecule has 80 valence electrons. The Labute approximate surface area is 85.3 Å². The Morgan fingerprint density at radius 1 is 1.80 bits per heavy atom. The zero-order chi connectivity index (χ0) is 11.3. The Kier molecular flexibility index (Phi) is 3.84. The first-order valence-corrected chi connectivity index (χ1v) is 4.18. The monoisotopic (exact) mass is 211 g/mol. The van der Waals surface area contributed by atoms with E-state index in [4.69, 9.17) is 10.3 Å². The van der Waals surface area contributed by atoms with E-state index < -0.39 is 24.1 Å². The summed E-state index contributed by atoms with van der Waals surface area (Å²) in [5.41, 5.74) is 8.16. The van der Waals surface area contributed by atoms with Crippen molar-refractivity contribution in [3.8, 4) is 0 Å². The van der Waals surface area contributed by atoms with Gasteiger partial charge in [0, 0.05) is 11.8 Å². The second kappa shape index (κ2) is 5.14. The Hall–Kier alpha value is -1.85. The van der Waals surface area contributed by atoms with Crippen molar-refractivity contribution >= 4 is 11.8 Å². The van der Waals surface area contributed by atoms with Crippen LogP contribution in [0.4, 0.5) is 0 Å². The molecule has 2 atom stereocenters. The highest BCUT2D eigenvalue weighted by Gasteiger charge is 2.24. The van der Waals surface area contributed by atoms with Crippen molar-refractivity contribution in [1.29, 1.82) is 0 Å². The summed E-state index contributed by atoms with van der Waals surface area (Å²) in [5.74, 6) is -0.865. The number of ether oxygens (including phenoxy) is 2. The van der Waals surface area contributed by atoms with E-state index in [1.165, 1.54) is 19.1 Å². The van der Waals surface area contributed by atoms with Gasteiger partial charge in [0.1, 0.15) is 12.7 Å². The maximum Gasteiger partial charge on any atom is 0.302 e. The molecule has 1 aliphatic heterocycles. The number of ketones is 1. The van der Waals surface area contributed by atoms with Gasteiger partial charge in [-0.1, -0.05) is 5.11 Å². The van der Waals surface area contributed by atoms with Gasteiger partial charge in [0.05, 0.1) is 0 Å². The van der Waals surface area contributed by atoms with Gasteiger partial charge in [-0.2, -0.15) is 0 Å². The van der Waals surface area contributed by atoms with E-state index in [9.17, 15) is 9.59 Å². The molecule has 7 nitrogen and oxygen atoms in total. The maximum atomic E-state index is 11.1. The first-order valence-electron chi connectivity index (χ1n) is 4.18. The molecule has 0 saturated carbocycles. The summed E-state index contributed by atoms with van der Waals surface area (Å²) in [7, 11) is 0. The molecule has 0 radical (unpaired) electrons. The fourth-order valence-corrected chi connectivity index (χ4v) is 0.988. The fraction of sp³-hybridized carbons (Fsp3) is 0.500. The molecule has 15 heavy (non-hydrogen) atoms. The minimum Gasteiger partial charge on any atom is -0.463 e. The van der Waals surface area contributed by atoms with Gasteiger partial charge in [-0.05, 0) is 17.7 Å². The Morgan fingerprint density at radius 3 is 3.13 bits per heavy atom. The van der Waals surface area contributed by atoms with Gasteiger partial charge >= 0.3 is 5.97 Å². The van der Waals surface area contributed by atoms with E-state index in [0.29, 0.717) is 0 Å². The van der Waals surface area contributed by atoms with Crippen molar-refractivity contribution in [3.05, 3.63) is 22.6 Å². The van der Waals surface area contributed by atoms with Crippen molar-refractivity contribution < 1.29 is 19.1 Å². The zero-order valence-electron chi connectivity index (χ0n) is 7.99. The van der Waals surface area contributed by atoms with Gasteiger partial charge in [0.2, 0.25) is 0 Å². The molecule has 1 aliphatic rings. The Balaban J connectivity index is 2.56. The molecular formula is C8H9N3O4. The van der Waals surface area contributed by atoms with Crippen LogP contribution in [0.25, 0.3) is 10.4 Å². The minimum absolute atomic E-state index is 0.00341. The summed E-state index contributed by atoms with van der Waals surface area (Å²) < 4.78 is 9.74. The highest BCUT2D eigenvalue weighted by molar-refractivity contribution is 5.94. The molecule has 0 aromatic rings. The van der Waals surface area contributed by atoms with Crippen molar-refractivity contribution in [1.82, 2.24) is 0 Å². The SMILES string of the molecule is CC(=O)OC[C@@H]1C=CC(=O)C(N=[N+]=[N-])O1. The average molecular weight is 211 g/mol. The third kappa shape index (κ3) is 3.41. The van der Waals surface area contributed by atoms with Gasteiger partial charge < -0.3 is 9.47 Å².